The van der Waals surface area contributed by atoms with Crippen LogP contribution in [0.15, 0.2) is 30.5 Å². The highest BCUT2D eigenvalue weighted by Gasteiger charge is 2.23. The van der Waals surface area contributed by atoms with Crippen molar-refractivity contribution in [3.8, 4) is 0 Å². The summed E-state index contributed by atoms with van der Waals surface area (Å²) in [6.07, 6.45) is 7.33. The summed E-state index contributed by atoms with van der Waals surface area (Å²) in [4.78, 5) is 12.8. The van der Waals surface area contributed by atoms with Crippen LogP contribution in [0, 0.1) is 6.92 Å². The van der Waals surface area contributed by atoms with Crippen molar-refractivity contribution in [1.82, 2.24) is 15.1 Å². The van der Waals surface area contributed by atoms with Gasteiger partial charge >= 0.3 is 0 Å². The van der Waals surface area contributed by atoms with Crippen LogP contribution < -0.4 is 10.0 Å². The third-order valence-corrected chi connectivity index (χ3v) is 5.62. The van der Waals surface area contributed by atoms with Crippen LogP contribution in [0.25, 0.3) is 0 Å². The molecule has 1 aromatic carbocycles. The highest BCUT2D eigenvalue weighted by Crippen LogP contribution is 2.30. The second-order valence-electron chi connectivity index (χ2n) is 7.18. The zero-order valence-corrected chi connectivity index (χ0v) is 16.7. The molecular weight excluding hydrogens is 364 g/mol. The molecule has 0 aliphatic heterocycles. The van der Waals surface area contributed by atoms with Gasteiger partial charge in [0.25, 0.3) is 5.91 Å². The molecule has 0 bridgehead atoms. The first-order valence-corrected chi connectivity index (χ1v) is 11.1. The number of sulfonamides is 1. The predicted molar refractivity (Wildman–Crippen MR) is 105 cm³/mol. The highest BCUT2D eigenvalue weighted by atomic mass is 32.2. The van der Waals surface area contributed by atoms with Gasteiger partial charge in [0.1, 0.15) is 0 Å². The fourth-order valence-electron chi connectivity index (χ4n) is 3.68. The number of benzene rings is 1. The number of rotatable bonds is 6. The van der Waals surface area contributed by atoms with Gasteiger partial charge in [0.05, 0.1) is 35.8 Å². The monoisotopic (exact) mass is 390 g/mol. The standard InChI is InChI=1S/C19H26N4O3S/c1-13(16-10-6-7-11-18(16)22-27(3,25)26)21-19(24)17-12-20-23(14(17)2)15-8-4-5-9-15/h6-7,10-13,15,22H,4-5,8-9H2,1-3H3,(H,21,24). The Morgan fingerprint density at radius 1 is 1.26 bits per heavy atom. The zero-order valence-electron chi connectivity index (χ0n) is 15.9. The topological polar surface area (TPSA) is 93.1 Å². The van der Waals surface area contributed by atoms with Crippen molar-refractivity contribution in [2.24, 2.45) is 0 Å². The summed E-state index contributed by atoms with van der Waals surface area (Å²) in [5.74, 6) is -0.210. The maximum atomic E-state index is 12.8. The smallest absolute Gasteiger partial charge is 0.255 e. The molecule has 7 nitrogen and oxygen atoms in total. The summed E-state index contributed by atoms with van der Waals surface area (Å²) in [7, 11) is -3.40. The lowest BCUT2D eigenvalue weighted by atomic mass is 10.1. The predicted octanol–water partition coefficient (Wildman–Crippen LogP) is 3.17. The van der Waals surface area contributed by atoms with Crippen LogP contribution in [0.4, 0.5) is 5.69 Å². The fourth-order valence-corrected chi connectivity index (χ4v) is 4.27. The molecule has 27 heavy (non-hydrogen) atoms. The molecule has 146 valence electrons. The molecule has 1 aliphatic carbocycles. The van der Waals surface area contributed by atoms with E-state index < -0.39 is 10.0 Å². The van der Waals surface area contributed by atoms with E-state index in [1.54, 1.807) is 24.4 Å². The van der Waals surface area contributed by atoms with Gasteiger partial charge in [-0.05, 0) is 38.3 Å². The van der Waals surface area contributed by atoms with Crippen molar-refractivity contribution < 1.29 is 13.2 Å². The number of carbonyl (C=O) groups is 1. The first kappa shape index (κ1) is 19.4. The Kier molecular flexibility index (Phi) is 5.55. The van der Waals surface area contributed by atoms with Gasteiger partial charge in [-0.3, -0.25) is 14.2 Å². The molecule has 2 N–H and O–H groups in total. The molecule has 1 saturated carbocycles. The van der Waals surface area contributed by atoms with Crippen molar-refractivity contribution in [2.45, 2.75) is 51.6 Å². The number of amides is 1. The minimum absolute atomic E-state index is 0.210. The second-order valence-corrected chi connectivity index (χ2v) is 8.93. The Balaban J connectivity index is 1.77. The lowest BCUT2D eigenvalue weighted by Crippen LogP contribution is -2.28. The quantitative estimate of drug-likeness (QED) is 0.792. The number of hydrogen-bond donors (Lipinski definition) is 2. The van der Waals surface area contributed by atoms with E-state index in [2.05, 4.69) is 15.1 Å². The number of hydrogen-bond acceptors (Lipinski definition) is 4. The van der Waals surface area contributed by atoms with E-state index in [9.17, 15) is 13.2 Å². The SMILES string of the molecule is Cc1c(C(=O)NC(C)c2ccccc2NS(C)(=O)=O)cnn1C1CCCC1. The van der Waals surface area contributed by atoms with Gasteiger partial charge in [-0.25, -0.2) is 8.42 Å². The maximum Gasteiger partial charge on any atom is 0.255 e. The molecule has 1 aromatic heterocycles. The minimum Gasteiger partial charge on any atom is -0.345 e. The minimum atomic E-state index is -3.40. The molecule has 8 heteroatoms. The zero-order chi connectivity index (χ0) is 19.6. The van der Waals surface area contributed by atoms with E-state index in [-0.39, 0.29) is 11.9 Å². The van der Waals surface area contributed by atoms with E-state index in [0.29, 0.717) is 22.9 Å². The summed E-state index contributed by atoms with van der Waals surface area (Å²) >= 11 is 0. The summed E-state index contributed by atoms with van der Waals surface area (Å²) in [5.41, 5.74) is 2.60. The summed E-state index contributed by atoms with van der Waals surface area (Å²) in [5, 5.41) is 7.39. The average molecular weight is 391 g/mol. The number of nitrogens with one attached hydrogen (secondary N) is 2. The van der Waals surface area contributed by atoms with Gasteiger partial charge in [-0.2, -0.15) is 5.10 Å². The lowest BCUT2D eigenvalue weighted by molar-refractivity contribution is 0.0939. The molecule has 0 saturated heterocycles. The van der Waals surface area contributed by atoms with Crippen molar-refractivity contribution in [3.63, 3.8) is 0 Å². The number of para-hydroxylation sites is 1. The van der Waals surface area contributed by atoms with Crippen LogP contribution in [0.1, 0.15) is 66.3 Å². The fraction of sp³-hybridized carbons (Fsp3) is 0.474. The normalized spacial score (nSPS) is 16.3. The molecule has 3 rings (SSSR count). The summed E-state index contributed by atoms with van der Waals surface area (Å²) in [6, 6.07) is 7.06. The Morgan fingerprint density at radius 2 is 1.93 bits per heavy atom. The van der Waals surface area contributed by atoms with Crippen molar-refractivity contribution in [1.29, 1.82) is 0 Å². The van der Waals surface area contributed by atoms with E-state index in [4.69, 9.17) is 0 Å². The molecule has 0 radical (unpaired) electrons. The van der Waals surface area contributed by atoms with Gasteiger partial charge in [0, 0.05) is 5.69 Å². The van der Waals surface area contributed by atoms with Crippen LogP contribution in [0.3, 0.4) is 0 Å². The van der Waals surface area contributed by atoms with Crippen LogP contribution in [0.2, 0.25) is 0 Å². The summed E-state index contributed by atoms with van der Waals surface area (Å²) in [6.45, 7) is 3.75. The average Bonchev–Trinajstić information content (AvgIpc) is 3.23. The molecule has 1 fully saturated rings. The Labute approximate surface area is 160 Å². The van der Waals surface area contributed by atoms with Gasteiger partial charge in [0.15, 0.2) is 0 Å². The third-order valence-electron chi connectivity index (χ3n) is 5.03. The maximum absolute atomic E-state index is 12.8. The molecule has 1 atom stereocenters. The van der Waals surface area contributed by atoms with E-state index >= 15 is 0 Å². The van der Waals surface area contributed by atoms with Crippen molar-refractivity contribution in [3.05, 3.63) is 47.3 Å². The number of nitrogens with zero attached hydrogens (tertiary/aromatic N) is 2. The molecule has 1 heterocycles. The molecule has 0 spiro atoms. The van der Waals surface area contributed by atoms with E-state index in [0.717, 1.165) is 24.8 Å². The Hall–Kier alpha value is -2.35. The number of carbonyl (C=O) groups excluding carboxylic acids is 1. The Bertz CT molecular complexity index is 930. The highest BCUT2D eigenvalue weighted by molar-refractivity contribution is 7.92. The number of anilines is 1. The molecule has 1 aliphatic rings. The Morgan fingerprint density at radius 3 is 2.59 bits per heavy atom. The van der Waals surface area contributed by atoms with Crippen LogP contribution in [0.5, 0.6) is 0 Å². The van der Waals surface area contributed by atoms with Crippen LogP contribution in [-0.4, -0.2) is 30.4 Å². The van der Waals surface area contributed by atoms with E-state index in [1.165, 1.54) is 12.8 Å². The van der Waals surface area contributed by atoms with Crippen LogP contribution in [-0.2, 0) is 10.0 Å². The van der Waals surface area contributed by atoms with Crippen molar-refractivity contribution >= 4 is 21.6 Å². The molecule has 1 amide bonds. The second kappa shape index (κ2) is 7.72. The number of aromatic nitrogens is 2. The molecular formula is C19H26N4O3S. The van der Waals surface area contributed by atoms with Gasteiger partial charge in [0.2, 0.25) is 10.0 Å². The van der Waals surface area contributed by atoms with Crippen LogP contribution >= 0.6 is 0 Å². The van der Waals surface area contributed by atoms with Gasteiger partial charge in [-0.1, -0.05) is 31.0 Å². The van der Waals surface area contributed by atoms with Gasteiger partial charge < -0.3 is 5.32 Å². The first-order chi connectivity index (χ1) is 12.8. The van der Waals surface area contributed by atoms with Gasteiger partial charge in [-0.15, -0.1) is 0 Å². The summed E-state index contributed by atoms with van der Waals surface area (Å²) < 4.78 is 27.6. The van der Waals surface area contributed by atoms with Crippen molar-refractivity contribution in [2.75, 3.05) is 11.0 Å². The molecule has 1 unspecified atom stereocenters. The first-order valence-electron chi connectivity index (χ1n) is 9.18. The third kappa shape index (κ3) is 4.50. The van der Waals surface area contributed by atoms with E-state index in [1.807, 2.05) is 24.6 Å². The largest absolute Gasteiger partial charge is 0.345 e. The lowest BCUT2D eigenvalue weighted by Gasteiger charge is -2.18. The molecule has 2 aromatic rings.